The lowest BCUT2D eigenvalue weighted by Crippen LogP contribution is -2.26. The quantitative estimate of drug-likeness (QED) is 0.667. The number of carbonyl (C=O) groups excluding carboxylic acids is 1. The van der Waals surface area contributed by atoms with Gasteiger partial charge in [0.05, 0.1) is 18.6 Å². The maximum atomic E-state index is 11.9. The molecule has 0 aliphatic carbocycles. The SMILES string of the molecule is CCOCCOc1ccccc1C(=O)NCCC(=O)O. The van der Waals surface area contributed by atoms with E-state index < -0.39 is 5.97 Å². The van der Waals surface area contributed by atoms with Crippen molar-refractivity contribution < 1.29 is 24.2 Å². The molecule has 0 aliphatic heterocycles. The molecule has 1 aromatic rings. The summed E-state index contributed by atoms with van der Waals surface area (Å²) in [5.74, 6) is -0.843. The van der Waals surface area contributed by atoms with Crippen LogP contribution in [0.5, 0.6) is 5.75 Å². The molecule has 0 aromatic heterocycles. The van der Waals surface area contributed by atoms with Crippen molar-refractivity contribution >= 4 is 11.9 Å². The number of aliphatic carboxylic acids is 1. The van der Waals surface area contributed by atoms with Crippen LogP contribution in [0.2, 0.25) is 0 Å². The third kappa shape index (κ3) is 5.71. The van der Waals surface area contributed by atoms with Gasteiger partial charge in [0.2, 0.25) is 0 Å². The van der Waals surface area contributed by atoms with Gasteiger partial charge in [0.15, 0.2) is 0 Å². The van der Waals surface area contributed by atoms with Crippen LogP contribution in [0.4, 0.5) is 0 Å². The lowest BCUT2D eigenvalue weighted by atomic mass is 10.2. The third-order valence-electron chi connectivity index (χ3n) is 2.45. The number of nitrogens with one attached hydrogen (secondary N) is 1. The molecule has 2 N–H and O–H groups in total. The Labute approximate surface area is 117 Å². The van der Waals surface area contributed by atoms with Crippen molar-refractivity contribution in [3.63, 3.8) is 0 Å². The highest BCUT2D eigenvalue weighted by atomic mass is 16.5. The number of amides is 1. The Morgan fingerprint density at radius 3 is 2.70 bits per heavy atom. The molecule has 110 valence electrons. The van der Waals surface area contributed by atoms with Gasteiger partial charge in [0, 0.05) is 13.2 Å². The number of carboxylic acids is 1. The molecule has 0 heterocycles. The summed E-state index contributed by atoms with van der Waals surface area (Å²) in [6, 6.07) is 6.82. The lowest BCUT2D eigenvalue weighted by molar-refractivity contribution is -0.136. The Hall–Kier alpha value is -2.08. The van der Waals surface area contributed by atoms with E-state index in [1.165, 1.54) is 0 Å². The fourth-order valence-electron chi connectivity index (χ4n) is 1.51. The van der Waals surface area contributed by atoms with E-state index >= 15 is 0 Å². The number of hydrogen-bond acceptors (Lipinski definition) is 4. The van der Waals surface area contributed by atoms with Crippen molar-refractivity contribution in [3.05, 3.63) is 29.8 Å². The second kappa shape index (κ2) is 8.92. The Kier molecular flexibility index (Phi) is 7.13. The Morgan fingerprint density at radius 2 is 2.00 bits per heavy atom. The molecule has 0 fully saturated rings. The normalized spacial score (nSPS) is 10.1. The monoisotopic (exact) mass is 281 g/mol. The average Bonchev–Trinajstić information content (AvgIpc) is 2.43. The Balaban J connectivity index is 2.55. The van der Waals surface area contributed by atoms with Crippen molar-refractivity contribution in [1.82, 2.24) is 5.32 Å². The molecule has 0 saturated carbocycles. The highest BCUT2D eigenvalue weighted by Gasteiger charge is 2.11. The van der Waals surface area contributed by atoms with Gasteiger partial charge in [-0.05, 0) is 19.1 Å². The molecular formula is C14H19NO5. The second-order valence-corrected chi connectivity index (χ2v) is 3.94. The van der Waals surface area contributed by atoms with Gasteiger partial charge in [-0.3, -0.25) is 9.59 Å². The summed E-state index contributed by atoms with van der Waals surface area (Å²) in [5, 5.41) is 11.1. The van der Waals surface area contributed by atoms with Gasteiger partial charge in [-0.25, -0.2) is 0 Å². The van der Waals surface area contributed by atoms with E-state index in [1.54, 1.807) is 24.3 Å². The minimum absolute atomic E-state index is 0.0848. The second-order valence-electron chi connectivity index (χ2n) is 3.94. The van der Waals surface area contributed by atoms with Gasteiger partial charge >= 0.3 is 5.97 Å². The minimum atomic E-state index is -0.952. The first kappa shape index (κ1) is 16.0. The van der Waals surface area contributed by atoms with Crippen molar-refractivity contribution in [3.8, 4) is 5.75 Å². The first-order chi connectivity index (χ1) is 9.65. The van der Waals surface area contributed by atoms with Crippen LogP contribution < -0.4 is 10.1 Å². The highest BCUT2D eigenvalue weighted by Crippen LogP contribution is 2.17. The van der Waals surface area contributed by atoms with E-state index in [0.29, 0.717) is 31.1 Å². The summed E-state index contributed by atoms with van der Waals surface area (Å²) in [6.07, 6.45) is -0.112. The number of carboxylic acid groups (broad SMARTS) is 1. The van der Waals surface area contributed by atoms with Crippen molar-refractivity contribution in [2.45, 2.75) is 13.3 Å². The van der Waals surface area contributed by atoms with Gasteiger partial charge in [0.1, 0.15) is 12.4 Å². The zero-order valence-electron chi connectivity index (χ0n) is 11.4. The fourth-order valence-corrected chi connectivity index (χ4v) is 1.51. The van der Waals surface area contributed by atoms with Crippen LogP contribution in [-0.2, 0) is 9.53 Å². The van der Waals surface area contributed by atoms with Crippen molar-refractivity contribution in [1.29, 1.82) is 0 Å². The number of rotatable bonds is 9. The van der Waals surface area contributed by atoms with Gasteiger partial charge in [-0.1, -0.05) is 12.1 Å². The number of para-hydroxylation sites is 1. The molecule has 1 aromatic carbocycles. The molecule has 0 bridgehead atoms. The number of ether oxygens (including phenoxy) is 2. The van der Waals surface area contributed by atoms with Crippen LogP contribution >= 0.6 is 0 Å². The van der Waals surface area contributed by atoms with Crippen LogP contribution in [0.3, 0.4) is 0 Å². The number of hydrogen-bond donors (Lipinski definition) is 2. The van der Waals surface area contributed by atoms with Gasteiger partial charge < -0.3 is 19.9 Å². The molecule has 20 heavy (non-hydrogen) atoms. The predicted molar refractivity (Wildman–Crippen MR) is 73.0 cm³/mol. The third-order valence-corrected chi connectivity index (χ3v) is 2.45. The van der Waals surface area contributed by atoms with E-state index in [9.17, 15) is 9.59 Å². The molecule has 0 aliphatic rings. The summed E-state index contributed by atoms with van der Waals surface area (Å²) in [6.45, 7) is 3.39. The molecule has 6 heteroatoms. The maximum Gasteiger partial charge on any atom is 0.305 e. The minimum Gasteiger partial charge on any atom is -0.490 e. The zero-order valence-corrected chi connectivity index (χ0v) is 11.4. The van der Waals surface area contributed by atoms with Crippen LogP contribution in [-0.4, -0.2) is 43.3 Å². The molecule has 6 nitrogen and oxygen atoms in total. The van der Waals surface area contributed by atoms with Gasteiger partial charge in [0.25, 0.3) is 5.91 Å². The zero-order chi connectivity index (χ0) is 14.8. The Morgan fingerprint density at radius 1 is 1.25 bits per heavy atom. The highest BCUT2D eigenvalue weighted by molar-refractivity contribution is 5.97. The van der Waals surface area contributed by atoms with Gasteiger partial charge in [-0.2, -0.15) is 0 Å². The first-order valence-corrected chi connectivity index (χ1v) is 6.44. The largest absolute Gasteiger partial charge is 0.490 e. The molecule has 0 atom stereocenters. The van der Waals surface area contributed by atoms with Crippen LogP contribution in [0, 0.1) is 0 Å². The molecule has 0 saturated heterocycles. The molecule has 0 spiro atoms. The first-order valence-electron chi connectivity index (χ1n) is 6.44. The standard InChI is InChI=1S/C14H19NO5/c1-2-19-9-10-20-12-6-4-3-5-11(12)14(18)15-8-7-13(16)17/h3-6H,2,7-10H2,1H3,(H,15,18)(H,16,17). The molecule has 1 rings (SSSR count). The predicted octanol–water partition coefficient (Wildman–Crippen LogP) is 1.31. The van der Waals surface area contributed by atoms with E-state index in [-0.39, 0.29) is 18.9 Å². The smallest absolute Gasteiger partial charge is 0.305 e. The topological polar surface area (TPSA) is 84.9 Å². The van der Waals surface area contributed by atoms with Crippen LogP contribution in [0.15, 0.2) is 24.3 Å². The van der Waals surface area contributed by atoms with E-state index in [1.807, 2.05) is 6.92 Å². The molecule has 0 unspecified atom stereocenters. The molecular weight excluding hydrogens is 262 g/mol. The maximum absolute atomic E-state index is 11.9. The Bertz CT molecular complexity index is 447. The van der Waals surface area contributed by atoms with E-state index in [2.05, 4.69) is 5.32 Å². The van der Waals surface area contributed by atoms with Crippen LogP contribution in [0.1, 0.15) is 23.7 Å². The average molecular weight is 281 g/mol. The summed E-state index contributed by atoms with van der Waals surface area (Å²) < 4.78 is 10.6. The summed E-state index contributed by atoms with van der Waals surface area (Å²) in [7, 11) is 0. The molecule has 1 amide bonds. The summed E-state index contributed by atoms with van der Waals surface area (Å²) >= 11 is 0. The van der Waals surface area contributed by atoms with Crippen LogP contribution in [0.25, 0.3) is 0 Å². The summed E-state index contributed by atoms with van der Waals surface area (Å²) in [5.41, 5.74) is 0.384. The fraction of sp³-hybridized carbons (Fsp3) is 0.429. The van der Waals surface area contributed by atoms with Gasteiger partial charge in [-0.15, -0.1) is 0 Å². The van der Waals surface area contributed by atoms with Crippen molar-refractivity contribution in [2.24, 2.45) is 0 Å². The summed E-state index contributed by atoms with van der Waals surface area (Å²) in [4.78, 5) is 22.3. The lowest BCUT2D eigenvalue weighted by Gasteiger charge is -2.11. The number of benzene rings is 1. The van der Waals surface area contributed by atoms with E-state index in [0.717, 1.165) is 0 Å². The molecule has 0 radical (unpaired) electrons. The van der Waals surface area contributed by atoms with E-state index in [4.69, 9.17) is 14.6 Å². The van der Waals surface area contributed by atoms with Crippen molar-refractivity contribution in [2.75, 3.05) is 26.4 Å². The number of carbonyl (C=O) groups is 2.